The molecule has 0 saturated carbocycles. The molecule has 12 heteroatoms. The number of nitrogens with one attached hydrogen (secondary N) is 2. The van der Waals surface area contributed by atoms with Crippen LogP contribution in [-0.2, 0) is 33.8 Å². The molecule has 2 N–H and O–H groups in total. The first-order chi connectivity index (χ1) is 20.9. The lowest BCUT2D eigenvalue weighted by Crippen LogP contribution is -2.58. The topological polar surface area (TPSA) is 132 Å². The number of aryl methyl sites for hydroxylation is 2. The number of ether oxygens (including phenoxy) is 3. The minimum atomic E-state index is -0.594. The van der Waals surface area contributed by atoms with Crippen LogP contribution in [0.3, 0.4) is 0 Å². The molecule has 2 aliphatic heterocycles. The standard InChI is InChI=1S/C31H34FN5O6/c1-41-27-5-2-20-3-6-29(38)35-16-21-12-22(32)15-24(13-21)43-26-8-11-37(31(40)7-4-23-17-33-9-10-34-23)18-25(26)36-30(39)19-42-28(27)14-20/h2,5,9-10,12-15,17,25-26H,3-4,6-8,11,16,18-19H2,1H3,(H,35,38)(H,36,39)/t25-,26-/m1/s1. The minimum Gasteiger partial charge on any atom is -0.493 e. The van der Waals surface area contributed by atoms with Gasteiger partial charge in [0.05, 0.1) is 18.8 Å². The van der Waals surface area contributed by atoms with Gasteiger partial charge in [-0.3, -0.25) is 24.4 Å². The summed E-state index contributed by atoms with van der Waals surface area (Å²) in [4.78, 5) is 48.7. The Balaban J connectivity index is 1.36. The maximum atomic E-state index is 14.5. The lowest BCUT2D eigenvalue weighted by molar-refractivity contribution is -0.135. The summed E-state index contributed by atoms with van der Waals surface area (Å²) in [5, 5.41) is 5.79. The average Bonchev–Trinajstić information content (AvgIpc) is 3.01. The molecular weight excluding hydrogens is 557 g/mol. The van der Waals surface area contributed by atoms with Crippen LogP contribution in [0.2, 0.25) is 0 Å². The molecule has 1 aromatic heterocycles. The highest BCUT2D eigenvalue weighted by Gasteiger charge is 2.34. The predicted molar refractivity (Wildman–Crippen MR) is 153 cm³/mol. The van der Waals surface area contributed by atoms with Crippen LogP contribution in [0.5, 0.6) is 17.2 Å². The molecule has 4 bridgehead atoms. The van der Waals surface area contributed by atoms with Crippen LogP contribution >= 0.6 is 0 Å². The molecule has 1 saturated heterocycles. The fourth-order valence-electron chi connectivity index (χ4n) is 5.18. The monoisotopic (exact) mass is 591 g/mol. The molecule has 1 fully saturated rings. The van der Waals surface area contributed by atoms with Gasteiger partial charge in [0.15, 0.2) is 18.1 Å². The third kappa shape index (κ3) is 8.18. The molecule has 11 nitrogen and oxygen atoms in total. The van der Waals surface area contributed by atoms with Gasteiger partial charge in [-0.25, -0.2) is 4.39 Å². The van der Waals surface area contributed by atoms with E-state index < -0.39 is 23.9 Å². The number of likely N-dealkylation sites (tertiary alicyclic amines) is 1. The third-order valence-electron chi connectivity index (χ3n) is 7.40. The number of carbonyl (C=O) groups excluding carboxylic acids is 3. The van der Waals surface area contributed by atoms with Crippen LogP contribution in [0.1, 0.15) is 36.1 Å². The molecule has 0 spiro atoms. The highest BCUT2D eigenvalue weighted by atomic mass is 19.1. The van der Waals surface area contributed by atoms with E-state index in [2.05, 4.69) is 20.6 Å². The van der Waals surface area contributed by atoms with Gasteiger partial charge in [-0.15, -0.1) is 0 Å². The van der Waals surface area contributed by atoms with Crippen molar-refractivity contribution < 1.29 is 33.0 Å². The Hall–Kier alpha value is -4.74. The molecule has 3 amide bonds. The molecule has 5 rings (SSSR count). The van der Waals surface area contributed by atoms with Gasteiger partial charge in [0.1, 0.15) is 17.7 Å². The van der Waals surface area contributed by atoms with E-state index in [1.807, 2.05) is 6.07 Å². The minimum absolute atomic E-state index is 0.0839. The molecule has 2 atom stereocenters. The molecule has 0 unspecified atom stereocenters. The average molecular weight is 592 g/mol. The number of carbonyl (C=O) groups is 3. The van der Waals surface area contributed by atoms with Gasteiger partial charge in [0.2, 0.25) is 11.8 Å². The van der Waals surface area contributed by atoms with Crippen LogP contribution in [0.4, 0.5) is 4.39 Å². The number of benzene rings is 2. The van der Waals surface area contributed by atoms with Crippen molar-refractivity contribution in [3.8, 4) is 17.2 Å². The number of halogens is 1. The van der Waals surface area contributed by atoms with Crippen molar-refractivity contribution in [2.24, 2.45) is 0 Å². The highest BCUT2D eigenvalue weighted by molar-refractivity contribution is 5.79. The number of rotatable bonds is 4. The summed E-state index contributed by atoms with van der Waals surface area (Å²) in [5.41, 5.74) is 2.09. The van der Waals surface area contributed by atoms with Crippen molar-refractivity contribution >= 4 is 17.7 Å². The lowest BCUT2D eigenvalue weighted by atomic mass is 10.0. The van der Waals surface area contributed by atoms with Gasteiger partial charge >= 0.3 is 0 Å². The Morgan fingerprint density at radius 3 is 2.81 bits per heavy atom. The Morgan fingerprint density at radius 2 is 2.00 bits per heavy atom. The number of aromatic nitrogens is 2. The van der Waals surface area contributed by atoms with Gasteiger partial charge in [-0.2, -0.15) is 0 Å². The molecule has 0 radical (unpaired) electrons. The first-order valence-electron chi connectivity index (χ1n) is 14.2. The molecule has 2 aliphatic rings. The molecule has 3 aromatic rings. The van der Waals surface area contributed by atoms with Crippen molar-refractivity contribution in [1.82, 2.24) is 25.5 Å². The molecule has 3 heterocycles. The maximum Gasteiger partial charge on any atom is 0.258 e. The van der Waals surface area contributed by atoms with E-state index in [4.69, 9.17) is 14.2 Å². The first kappa shape index (κ1) is 29.7. The summed E-state index contributed by atoms with van der Waals surface area (Å²) in [5.74, 6) is -0.101. The van der Waals surface area contributed by atoms with Crippen LogP contribution in [0, 0.1) is 5.82 Å². The van der Waals surface area contributed by atoms with E-state index in [1.54, 1.807) is 41.7 Å². The maximum absolute atomic E-state index is 14.5. The number of amides is 3. The smallest absolute Gasteiger partial charge is 0.258 e. The van der Waals surface area contributed by atoms with E-state index in [-0.39, 0.29) is 50.1 Å². The number of methoxy groups -OCH3 is 1. The summed E-state index contributed by atoms with van der Waals surface area (Å²) in [6, 6.07) is 8.98. The van der Waals surface area contributed by atoms with Gasteiger partial charge in [-0.1, -0.05) is 6.07 Å². The highest BCUT2D eigenvalue weighted by Crippen LogP contribution is 2.29. The second-order valence-corrected chi connectivity index (χ2v) is 10.5. The SMILES string of the molecule is COc1ccc2cc1OCC(=O)N[C@@H]1CN(C(=O)CCc3cnccn3)CC[C@H]1Oc1cc(F)cc(c1)CNC(=O)CC2. The van der Waals surface area contributed by atoms with Gasteiger partial charge in [0.25, 0.3) is 5.91 Å². The third-order valence-corrected chi connectivity index (χ3v) is 7.40. The second-order valence-electron chi connectivity index (χ2n) is 10.5. The number of hydrogen-bond acceptors (Lipinski definition) is 8. The molecular formula is C31H34FN5O6. The lowest BCUT2D eigenvalue weighted by Gasteiger charge is -2.39. The molecule has 2 aromatic carbocycles. The molecule has 0 aliphatic carbocycles. The van der Waals surface area contributed by atoms with Crippen molar-refractivity contribution in [1.29, 1.82) is 0 Å². The predicted octanol–water partition coefficient (Wildman–Crippen LogP) is 2.36. The first-order valence-corrected chi connectivity index (χ1v) is 14.2. The summed E-state index contributed by atoms with van der Waals surface area (Å²) in [6.45, 7) is 0.416. The van der Waals surface area contributed by atoms with Crippen molar-refractivity contribution in [2.45, 2.75) is 50.8 Å². The van der Waals surface area contributed by atoms with Crippen molar-refractivity contribution in [2.75, 3.05) is 26.8 Å². The summed E-state index contributed by atoms with van der Waals surface area (Å²) in [6.07, 6.45) is 5.97. The fraction of sp³-hybridized carbons (Fsp3) is 0.387. The largest absolute Gasteiger partial charge is 0.493 e. The van der Waals surface area contributed by atoms with E-state index in [1.165, 1.54) is 19.2 Å². The number of nitrogens with zero attached hydrogens (tertiary/aromatic N) is 3. The van der Waals surface area contributed by atoms with Gasteiger partial charge in [0, 0.05) is 63.6 Å². The molecule has 43 heavy (non-hydrogen) atoms. The normalized spacial score (nSPS) is 19.3. The zero-order valence-electron chi connectivity index (χ0n) is 23.9. The molecule has 226 valence electrons. The van der Waals surface area contributed by atoms with Crippen molar-refractivity contribution in [3.05, 3.63) is 77.6 Å². The van der Waals surface area contributed by atoms with Crippen LogP contribution in [0.25, 0.3) is 0 Å². The Morgan fingerprint density at radius 1 is 1.12 bits per heavy atom. The summed E-state index contributed by atoms with van der Waals surface area (Å²) >= 11 is 0. The van der Waals surface area contributed by atoms with E-state index in [0.717, 1.165) is 5.56 Å². The number of fused-ring (bicyclic) bond motifs is 5. The zero-order valence-corrected chi connectivity index (χ0v) is 23.9. The van der Waals surface area contributed by atoms with Crippen molar-refractivity contribution in [3.63, 3.8) is 0 Å². The fourth-order valence-corrected chi connectivity index (χ4v) is 5.18. The second kappa shape index (κ2) is 14.0. The Bertz CT molecular complexity index is 1460. The van der Waals surface area contributed by atoms with E-state index in [0.29, 0.717) is 48.6 Å². The van der Waals surface area contributed by atoms with Crippen LogP contribution < -0.4 is 24.8 Å². The van der Waals surface area contributed by atoms with Gasteiger partial charge in [-0.05, 0) is 48.2 Å². The Labute approximate surface area is 248 Å². The summed E-state index contributed by atoms with van der Waals surface area (Å²) in [7, 11) is 1.51. The number of hydrogen-bond donors (Lipinski definition) is 2. The van der Waals surface area contributed by atoms with E-state index in [9.17, 15) is 18.8 Å². The number of piperidine rings is 1. The zero-order chi connectivity index (χ0) is 30.2. The summed E-state index contributed by atoms with van der Waals surface area (Å²) < 4.78 is 32.0. The van der Waals surface area contributed by atoms with Crippen LogP contribution in [0.15, 0.2) is 55.0 Å². The van der Waals surface area contributed by atoms with Crippen LogP contribution in [-0.4, -0.2) is 71.5 Å². The Kier molecular flexibility index (Phi) is 9.65. The van der Waals surface area contributed by atoms with Gasteiger partial charge < -0.3 is 29.7 Å². The van der Waals surface area contributed by atoms with E-state index >= 15 is 0 Å². The quantitative estimate of drug-likeness (QED) is 0.473.